The Morgan fingerprint density at radius 2 is 1.04 bits per heavy atom. The Balaban J connectivity index is 1.20. The Hall–Kier alpha value is -6.37. The topological polar surface area (TPSA) is 94.9 Å². The molecule has 6 aromatic carbocycles. The molecule has 0 fully saturated rings. The van der Waals surface area contributed by atoms with Crippen molar-refractivity contribution >= 4 is 0 Å². The number of fused-ring (bicyclic) bond motifs is 1. The molecular weight excluding hydrogens is 638 g/mol. The van der Waals surface area contributed by atoms with E-state index in [-0.39, 0.29) is 0 Å². The van der Waals surface area contributed by atoms with Gasteiger partial charge in [-0.25, -0.2) is 0 Å². The van der Waals surface area contributed by atoms with Crippen LogP contribution in [-0.2, 0) is 32.8 Å². The van der Waals surface area contributed by atoms with Crippen molar-refractivity contribution in [2.45, 2.75) is 45.0 Å². The molecule has 2 atom stereocenters. The summed E-state index contributed by atoms with van der Waals surface area (Å²) in [6.45, 7) is 1.48. The standard InChI is InChI=1S/C43H37N3O5/c44-46-45-38-26-37-40(49-29-33-17-9-3-10-18-33)24-36(47-27-31-13-5-1-6-14-31)25-41(37)51-43(38)35-21-22-39(48-28-32-15-7-2-8-16-32)42(23-35)50-30-34-19-11-4-12-20-34/h1-25,38,43H,26-30H2/t38-,43-/m1/s1. The van der Waals surface area contributed by atoms with Crippen molar-refractivity contribution in [2.75, 3.05) is 0 Å². The van der Waals surface area contributed by atoms with Crippen LogP contribution in [0, 0.1) is 0 Å². The highest BCUT2D eigenvalue weighted by Crippen LogP contribution is 2.45. The van der Waals surface area contributed by atoms with Gasteiger partial charge in [-0.2, -0.15) is 0 Å². The van der Waals surface area contributed by atoms with Crippen molar-refractivity contribution in [1.82, 2.24) is 0 Å². The molecule has 0 amide bonds. The Labute approximate surface area is 297 Å². The van der Waals surface area contributed by atoms with Gasteiger partial charge < -0.3 is 23.7 Å². The maximum atomic E-state index is 9.67. The molecule has 8 heteroatoms. The number of hydrogen-bond donors (Lipinski definition) is 0. The van der Waals surface area contributed by atoms with Gasteiger partial charge in [-0.15, -0.1) is 0 Å². The van der Waals surface area contributed by atoms with Crippen molar-refractivity contribution in [3.05, 3.63) is 195 Å². The molecule has 0 saturated carbocycles. The van der Waals surface area contributed by atoms with E-state index in [1.807, 2.05) is 152 Å². The summed E-state index contributed by atoms with van der Waals surface area (Å²) in [5.41, 5.74) is 15.4. The smallest absolute Gasteiger partial charge is 0.162 e. The molecule has 7 rings (SSSR count). The van der Waals surface area contributed by atoms with Gasteiger partial charge in [0.15, 0.2) is 11.5 Å². The molecule has 0 spiro atoms. The zero-order chi connectivity index (χ0) is 34.7. The van der Waals surface area contributed by atoms with Crippen LogP contribution in [0.5, 0.6) is 28.7 Å². The Morgan fingerprint density at radius 1 is 0.549 bits per heavy atom. The first-order chi connectivity index (χ1) is 25.2. The highest BCUT2D eigenvalue weighted by atomic mass is 16.5. The Morgan fingerprint density at radius 3 is 1.57 bits per heavy atom. The first-order valence-electron chi connectivity index (χ1n) is 16.9. The van der Waals surface area contributed by atoms with Crippen molar-refractivity contribution < 1.29 is 23.7 Å². The first kappa shape index (κ1) is 33.1. The van der Waals surface area contributed by atoms with Gasteiger partial charge in [0.05, 0.1) is 6.04 Å². The number of hydrogen-bond acceptors (Lipinski definition) is 6. The molecule has 8 nitrogen and oxygen atoms in total. The average Bonchev–Trinajstić information content (AvgIpc) is 3.19. The maximum Gasteiger partial charge on any atom is 0.162 e. The van der Waals surface area contributed by atoms with E-state index < -0.39 is 12.1 Å². The van der Waals surface area contributed by atoms with Crippen LogP contribution in [0.3, 0.4) is 0 Å². The summed E-state index contributed by atoms with van der Waals surface area (Å²) in [4.78, 5) is 3.21. The van der Waals surface area contributed by atoms with Crippen LogP contribution < -0.4 is 23.7 Å². The van der Waals surface area contributed by atoms with Gasteiger partial charge in [0.25, 0.3) is 0 Å². The Bertz CT molecular complexity index is 2070. The lowest BCUT2D eigenvalue weighted by atomic mass is 9.92. The summed E-state index contributed by atoms with van der Waals surface area (Å²) in [7, 11) is 0. The third kappa shape index (κ3) is 8.63. The predicted molar refractivity (Wildman–Crippen MR) is 196 cm³/mol. The van der Waals surface area contributed by atoms with Crippen LogP contribution in [0.1, 0.15) is 39.5 Å². The zero-order valence-corrected chi connectivity index (χ0v) is 28.0. The molecule has 0 saturated heterocycles. The Kier molecular flexibility index (Phi) is 10.6. The number of ether oxygens (including phenoxy) is 5. The molecule has 254 valence electrons. The highest BCUT2D eigenvalue weighted by Gasteiger charge is 2.34. The fourth-order valence-corrected chi connectivity index (χ4v) is 5.98. The first-order valence-corrected chi connectivity index (χ1v) is 16.9. The van der Waals surface area contributed by atoms with E-state index in [1.165, 1.54) is 0 Å². The van der Waals surface area contributed by atoms with Gasteiger partial charge in [-0.1, -0.05) is 133 Å². The molecule has 0 N–H and O–H groups in total. The molecule has 0 bridgehead atoms. The lowest BCUT2D eigenvalue weighted by molar-refractivity contribution is 0.148. The van der Waals surface area contributed by atoms with E-state index in [0.29, 0.717) is 61.6 Å². The molecule has 0 unspecified atom stereocenters. The predicted octanol–water partition coefficient (Wildman–Crippen LogP) is 10.4. The minimum absolute atomic E-state index is 0.352. The van der Waals surface area contributed by atoms with E-state index >= 15 is 0 Å². The average molecular weight is 676 g/mol. The molecule has 1 aliphatic heterocycles. The lowest BCUT2D eigenvalue weighted by Gasteiger charge is -2.33. The zero-order valence-electron chi connectivity index (χ0n) is 28.0. The summed E-state index contributed by atoms with van der Waals surface area (Å²) >= 11 is 0. The van der Waals surface area contributed by atoms with E-state index in [0.717, 1.165) is 33.4 Å². The van der Waals surface area contributed by atoms with E-state index in [1.54, 1.807) is 0 Å². The van der Waals surface area contributed by atoms with E-state index in [2.05, 4.69) is 10.0 Å². The van der Waals surface area contributed by atoms with Crippen molar-refractivity contribution in [3.63, 3.8) is 0 Å². The van der Waals surface area contributed by atoms with E-state index in [4.69, 9.17) is 23.7 Å². The fraction of sp³-hybridized carbons (Fsp3) is 0.163. The molecule has 6 aromatic rings. The third-order valence-electron chi connectivity index (χ3n) is 8.61. The second kappa shape index (κ2) is 16.4. The molecule has 0 radical (unpaired) electrons. The van der Waals surface area contributed by atoms with Crippen LogP contribution >= 0.6 is 0 Å². The van der Waals surface area contributed by atoms with Crippen LogP contribution in [0.25, 0.3) is 10.4 Å². The molecule has 1 heterocycles. The van der Waals surface area contributed by atoms with Gasteiger partial charge in [0.2, 0.25) is 0 Å². The van der Waals surface area contributed by atoms with Gasteiger partial charge in [0.1, 0.15) is 49.8 Å². The van der Waals surface area contributed by atoms with Gasteiger partial charge >= 0.3 is 0 Å². The number of nitrogens with zero attached hydrogens (tertiary/aromatic N) is 3. The fourth-order valence-electron chi connectivity index (χ4n) is 5.98. The summed E-state index contributed by atoms with van der Waals surface area (Å²) < 4.78 is 32.0. The quantitative estimate of drug-likeness (QED) is 0.0650. The molecule has 1 aliphatic rings. The van der Waals surface area contributed by atoms with Crippen LogP contribution in [0.2, 0.25) is 0 Å². The summed E-state index contributed by atoms with van der Waals surface area (Å²) in [6, 6.07) is 48.9. The number of azide groups is 1. The maximum absolute atomic E-state index is 9.67. The van der Waals surface area contributed by atoms with Gasteiger partial charge in [-0.05, 0) is 51.9 Å². The second-order valence-electron chi connectivity index (χ2n) is 12.2. The van der Waals surface area contributed by atoms with Crippen molar-refractivity contribution in [3.8, 4) is 28.7 Å². The second-order valence-corrected chi connectivity index (χ2v) is 12.2. The lowest BCUT2D eigenvalue weighted by Crippen LogP contribution is -2.29. The van der Waals surface area contributed by atoms with E-state index in [9.17, 15) is 5.53 Å². The minimum atomic E-state index is -0.609. The summed E-state index contributed by atoms with van der Waals surface area (Å²) in [5, 5.41) is 4.22. The van der Waals surface area contributed by atoms with Gasteiger partial charge in [0, 0.05) is 22.6 Å². The van der Waals surface area contributed by atoms with Crippen LogP contribution in [-0.4, -0.2) is 6.04 Å². The number of benzene rings is 6. The SMILES string of the molecule is [N-]=[N+]=N[C@@H]1Cc2c(OCc3ccccc3)cc(OCc3ccccc3)cc2O[C@@H]1c1ccc(OCc2ccccc2)c(OCc2ccccc2)c1. The summed E-state index contributed by atoms with van der Waals surface area (Å²) in [5.74, 6) is 3.00. The largest absolute Gasteiger partial charge is 0.489 e. The molecule has 51 heavy (non-hydrogen) atoms. The number of rotatable bonds is 14. The van der Waals surface area contributed by atoms with Gasteiger partial charge in [-0.3, -0.25) is 0 Å². The monoisotopic (exact) mass is 675 g/mol. The molecule has 0 aromatic heterocycles. The van der Waals surface area contributed by atoms with Crippen molar-refractivity contribution in [1.29, 1.82) is 0 Å². The molecule has 0 aliphatic carbocycles. The minimum Gasteiger partial charge on any atom is -0.489 e. The highest BCUT2D eigenvalue weighted by molar-refractivity contribution is 5.54. The van der Waals surface area contributed by atoms with Crippen LogP contribution in [0.15, 0.2) is 157 Å². The van der Waals surface area contributed by atoms with Crippen molar-refractivity contribution in [2.24, 2.45) is 5.11 Å². The third-order valence-corrected chi connectivity index (χ3v) is 8.61. The van der Waals surface area contributed by atoms with Crippen LogP contribution in [0.4, 0.5) is 0 Å². The summed E-state index contributed by atoms with van der Waals surface area (Å²) in [6.07, 6.45) is -0.207. The normalized spacial score (nSPS) is 14.7. The molecular formula is C43H37N3O5.